The van der Waals surface area contributed by atoms with Gasteiger partial charge in [-0.1, -0.05) is 0 Å². The summed E-state index contributed by atoms with van der Waals surface area (Å²) in [7, 11) is 0. The molecular weight excluding hydrogens is 260 g/mol. The van der Waals surface area contributed by atoms with Crippen molar-refractivity contribution >= 4 is 11.9 Å². The van der Waals surface area contributed by atoms with Crippen LogP contribution in [0.4, 0.5) is 8.78 Å². The molecule has 5 nitrogen and oxygen atoms in total. The molecule has 0 unspecified atom stereocenters. The number of hydrogen-bond donors (Lipinski definition) is 3. The van der Waals surface area contributed by atoms with E-state index >= 15 is 0 Å². The molecule has 104 valence electrons. The maximum Gasteiger partial charge on any atom is 0.336 e. The number of carbonyl (C=O) groups excluding carboxylic acids is 1. The van der Waals surface area contributed by atoms with Gasteiger partial charge in [0.15, 0.2) is 11.6 Å². The van der Waals surface area contributed by atoms with Crippen molar-refractivity contribution in [2.24, 2.45) is 0 Å². The smallest absolute Gasteiger partial charge is 0.336 e. The minimum atomic E-state index is -1.55. The molecule has 0 saturated carbocycles. The van der Waals surface area contributed by atoms with Crippen molar-refractivity contribution in [3.8, 4) is 0 Å². The summed E-state index contributed by atoms with van der Waals surface area (Å²) in [5, 5.41) is 20.5. The van der Waals surface area contributed by atoms with Gasteiger partial charge in [0, 0.05) is 6.54 Å². The summed E-state index contributed by atoms with van der Waals surface area (Å²) in [6.45, 7) is 2.69. The van der Waals surface area contributed by atoms with E-state index in [0.29, 0.717) is 12.1 Å². The van der Waals surface area contributed by atoms with Crippen LogP contribution >= 0.6 is 0 Å². The largest absolute Gasteiger partial charge is 0.478 e. The molecule has 0 heterocycles. The zero-order valence-electron chi connectivity index (χ0n) is 10.3. The Hall–Kier alpha value is -2.02. The third kappa shape index (κ3) is 3.99. The molecule has 0 aromatic heterocycles. The molecule has 0 saturated heterocycles. The zero-order chi connectivity index (χ0) is 14.8. The Morgan fingerprint density at radius 1 is 1.21 bits per heavy atom. The second-order valence-corrected chi connectivity index (χ2v) is 4.61. The highest BCUT2D eigenvalue weighted by atomic mass is 19.2. The van der Waals surface area contributed by atoms with Crippen LogP contribution in [0.2, 0.25) is 0 Å². The van der Waals surface area contributed by atoms with Gasteiger partial charge < -0.3 is 15.5 Å². The van der Waals surface area contributed by atoms with E-state index in [1.54, 1.807) is 0 Å². The number of carboxylic acids is 1. The van der Waals surface area contributed by atoms with Crippen molar-refractivity contribution in [1.29, 1.82) is 0 Å². The first-order valence-corrected chi connectivity index (χ1v) is 5.35. The summed E-state index contributed by atoms with van der Waals surface area (Å²) in [5.41, 5.74) is -2.36. The Labute approximate surface area is 107 Å². The number of aliphatic hydroxyl groups is 1. The van der Waals surface area contributed by atoms with E-state index in [1.165, 1.54) is 13.8 Å². The predicted molar refractivity (Wildman–Crippen MR) is 61.9 cm³/mol. The van der Waals surface area contributed by atoms with E-state index in [9.17, 15) is 23.5 Å². The highest BCUT2D eigenvalue weighted by molar-refractivity contribution is 6.04. The second kappa shape index (κ2) is 5.31. The van der Waals surface area contributed by atoms with Crippen LogP contribution in [-0.2, 0) is 0 Å². The number of carbonyl (C=O) groups is 2. The molecule has 0 bridgehead atoms. The van der Waals surface area contributed by atoms with Gasteiger partial charge in [0.1, 0.15) is 0 Å². The fraction of sp³-hybridized carbons (Fsp3) is 0.333. The Morgan fingerprint density at radius 2 is 1.68 bits per heavy atom. The van der Waals surface area contributed by atoms with Gasteiger partial charge in [-0.25, -0.2) is 13.6 Å². The number of amides is 1. The van der Waals surface area contributed by atoms with Crippen LogP contribution in [0.25, 0.3) is 0 Å². The van der Waals surface area contributed by atoms with Crippen molar-refractivity contribution in [3.63, 3.8) is 0 Å². The first-order valence-electron chi connectivity index (χ1n) is 5.35. The average molecular weight is 273 g/mol. The summed E-state index contributed by atoms with van der Waals surface area (Å²) < 4.78 is 26.0. The molecule has 0 radical (unpaired) electrons. The molecule has 0 atom stereocenters. The maximum absolute atomic E-state index is 13.1. The van der Waals surface area contributed by atoms with Crippen LogP contribution in [0.3, 0.4) is 0 Å². The normalized spacial score (nSPS) is 11.2. The van der Waals surface area contributed by atoms with Crippen LogP contribution in [-0.4, -0.2) is 34.2 Å². The van der Waals surface area contributed by atoms with E-state index in [-0.39, 0.29) is 6.54 Å². The first kappa shape index (κ1) is 15.0. The number of carboxylic acid groups (broad SMARTS) is 1. The molecule has 1 rings (SSSR count). The zero-order valence-corrected chi connectivity index (χ0v) is 10.3. The van der Waals surface area contributed by atoms with Gasteiger partial charge in [0.05, 0.1) is 16.7 Å². The number of nitrogens with one attached hydrogen (secondary N) is 1. The van der Waals surface area contributed by atoms with Gasteiger partial charge >= 0.3 is 5.97 Å². The number of benzene rings is 1. The van der Waals surface area contributed by atoms with Crippen LogP contribution < -0.4 is 5.32 Å². The van der Waals surface area contributed by atoms with E-state index in [4.69, 9.17) is 5.11 Å². The van der Waals surface area contributed by atoms with Crippen LogP contribution in [0.1, 0.15) is 34.6 Å². The molecular formula is C12H13F2NO4. The van der Waals surface area contributed by atoms with E-state index in [0.717, 1.165) is 0 Å². The second-order valence-electron chi connectivity index (χ2n) is 4.61. The molecule has 0 fully saturated rings. The number of aromatic carboxylic acids is 1. The molecule has 3 N–H and O–H groups in total. The SMILES string of the molecule is CC(C)(O)CNC(=O)c1cc(F)c(F)cc1C(=O)O. The average Bonchev–Trinajstić information content (AvgIpc) is 2.27. The highest BCUT2D eigenvalue weighted by Crippen LogP contribution is 2.15. The lowest BCUT2D eigenvalue weighted by Gasteiger charge is -2.18. The van der Waals surface area contributed by atoms with Gasteiger partial charge in [-0.2, -0.15) is 0 Å². The summed E-state index contributed by atoms with van der Waals surface area (Å²) in [6, 6.07) is 0.954. The third-order valence-electron chi connectivity index (χ3n) is 2.22. The van der Waals surface area contributed by atoms with Crippen molar-refractivity contribution < 1.29 is 28.6 Å². The summed E-state index contributed by atoms with van der Waals surface area (Å²) in [6.07, 6.45) is 0. The Balaban J connectivity index is 3.08. The number of rotatable bonds is 4. The van der Waals surface area contributed by atoms with Gasteiger partial charge in [0.2, 0.25) is 0 Å². The standard InChI is InChI=1S/C12H13F2NO4/c1-12(2,19)5-15-10(16)6-3-8(13)9(14)4-7(6)11(17)18/h3-4,19H,5H2,1-2H3,(H,15,16)(H,17,18). The predicted octanol–water partition coefficient (Wildman–Crippen LogP) is 1.16. The molecule has 19 heavy (non-hydrogen) atoms. The topological polar surface area (TPSA) is 86.6 Å². The molecule has 1 aromatic rings. The Kier molecular flexibility index (Phi) is 4.21. The van der Waals surface area contributed by atoms with Gasteiger partial charge in [-0.3, -0.25) is 4.79 Å². The van der Waals surface area contributed by atoms with Crippen molar-refractivity contribution in [2.45, 2.75) is 19.4 Å². The number of hydrogen-bond acceptors (Lipinski definition) is 3. The van der Waals surface area contributed by atoms with Crippen LogP contribution in [0.5, 0.6) is 0 Å². The minimum Gasteiger partial charge on any atom is -0.478 e. The molecule has 1 aromatic carbocycles. The van der Waals surface area contributed by atoms with Crippen molar-refractivity contribution in [3.05, 3.63) is 34.9 Å². The lowest BCUT2D eigenvalue weighted by atomic mass is 10.1. The van der Waals surface area contributed by atoms with E-state index < -0.39 is 40.2 Å². The molecule has 0 aliphatic rings. The van der Waals surface area contributed by atoms with Gasteiger partial charge in [0.25, 0.3) is 5.91 Å². The third-order valence-corrected chi connectivity index (χ3v) is 2.22. The van der Waals surface area contributed by atoms with Crippen molar-refractivity contribution in [2.75, 3.05) is 6.54 Å². The summed E-state index contributed by atoms with van der Waals surface area (Å²) >= 11 is 0. The van der Waals surface area contributed by atoms with E-state index in [2.05, 4.69) is 5.32 Å². The Bertz CT molecular complexity index is 523. The fourth-order valence-corrected chi connectivity index (χ4v) is 1.30. The highest BCUT2D eigenvalue weighted by Gasteiger charge is 2.22. The fourth-order valence-electron chi connectivity index (χ4n) is 1.30. The van der Waals surface area contributed by atoms with Gasteiger partial charge in [-0.05, 0) is 26.0 Å². The van der Waals surface area contributed by atoms with E-state index in [1.807, 2.05) is 0 Å². The minimum absolute atomic E-state index is 0.163. The van der Waals surface area contributed by atoms with Crippen molar-refractivity contribution in [1.82, 2.24) is 5.32 Å². The quantitative estimate of drug-likeness (QED) is 0.768. The molecule has 1 amide bonds. The number of halogens is 2. The molecule has 0 aliphatic heterocycles. The molecule has 0 spiro atoms. The maximum atomic E-state index is 13.1. The van der Waals surface area contributed by atoms with Gasteiger partial charge in [-0.15, -0.1) is 0 Å². The molecule has 0 aliphatic carbocycles. The van der Waals surface area contributed by atoms with Crippen LogP contribution in [0.15, 0.2) is 12.1 Å². The van der Waals surface area contributed by atoms with Crippen LogP contribution in [0, 0.1) is 11.6 Å². The Morgan fingerprint density at radius 3 is 2.11 bits per heavy atom. The summed E-state index contributed by atoms with van der Waals surface area (Å²) in [4.78, 5) is 22.6. The lowest BCUT2D eigenvalue weighted by molar-refractivity contribution is 0.0672. The monoisotopic (exact) mass is 273 g/mol. The summed E-state index contributed by atoms with van der Waals surface area (Å²) in [5.74, 6) is -5.12. The molecule has 7 heteroatoms. The lowest BCUT2D eigenvalue weighted by Crippen LogP contribution is -2.38. The first-order chi connectivity index (χ1) is 8.61.